The summed E-state index contributed by atoms with van der Waals surface area (Å²) in [6.07, 6.45) is 1.54. The standard InChI is InChI=1S/C12H12BrClN2O2/c13-9-6-7(14)3-4-8(9)11(17)16-10-2-1-5-15-12(10)18/h3-4,6,10H,1-2,5H2,(H,15,18)(H,16,17). The molecule has 0 aliphatic carbocycles. The highest BCUT2D eigenvalue weighted by atomic mass is 79.9. The van der Waals surface area contributed by atoms with Gasteiger partial charge in [-0.05, 0) is 47.0 Å². The lowest BCUT2D eigenvalue weighted by Gasteiger charge is -2.22. The zero-order chi connectivity index (χ0) is 13.1. The molecule has 1 aromatic rings. The summed E-state index contributed by atoms with van der Waals surface area (Å²) >= 11 is 9.09. The van der Waals surface area contributed by atoms with E-state index < -0.39 is 6.04 Å². The summed E-state index contributed by atoms with van der Waals surface area (Å²) in [7, 11) is 0. The summed E-state index contributed by atoms with van der Waals surface area (Å²) in [5.74, 6) is -0.403. The lowest BCUT2D eigenvalue weighted by atomic mass is 10.1. The molecule has 4 nitrogen and oxygen atoms in total. The molecule has 96 valence electrons. The largest absolute Gasteiger partial charge is 0.354 e. The Kier molecular flexibility index (Phi) is 4.24. The van der Waals surface area contributed by atoms with Gasteiger partial charge in [-0.15, -0.1) is 0 Å². The van der Waals surface area contributed by atoms with Crippen molar-refractivity contribution in [3.05, 3.63) is 33.3 Å². The first kappa shape index (κ1) is 13.4. The van der Waals surface area contributed by atoms with Gasteiger partial charge in [0.15, 0.2) is 0 Å². The molecule has 18 heavy (non-hydrogen) atoms. The summed E-state index contributed by atoms with van der Waals surface area (Å²) in [5.41, 5.74) is 0.470. The van der Waals surface area contributed by atoms with Crippen molar-refractivity contribution in [2.24, 2.45) is 0 Å². The highest BCUT2D eigenvalue weighted by Crippen LogP contribution is 2.21. The van der Waals surface area contributed by atoms with Crippen molar-refractivity contribution in [3.8, 4) is 0 Å². The predicted molar refractivity (Wildman–Crippen MR) is 72.6 cm³/mol. The zero-order valence-electron chi connectivity index (χ0n) is 9.50. The topological polar surface area (TPSA) is 58.2 Å². The Morgan fingerprint density at radius 3 is 2.94 bits per heavy atom. The van der Waals surface area contributed by atoms with Crippen LogP contribution >= 0.6 is 27.5 Å². The van der Waals surface area contributed by atoms with Gasteiger partial charge in [-0.1, -0.05) is 11.6 Å². The normalized spacial score (nSPS) is 19.2. The Morgan fingerprint density at radius 2 is 2.28 bits per heavy atom. The first-order valence-corrected chi connectivity index (χ1v) is 6.78. The van der Waals surface area contributed by atoms with Crippen molar-refractivity contribution in [1.82, 2.24) is 10.6 Å². The second-order valence-electron chi connectivity index (χ2n) is 4.08. The van der Waals surface area contributed by atoms with Crippen LogP contribution in [0.1, 0.15) is 23.2 Å². The van der Waals surface area contributed by atoms with Gasteiger partial charge in [-0.3, -0.25) is 9.59 Å². The molecule has 2 N–H and O–H groups in total. The molecule has 1 unspecified atom stereocenters. The van der Waals surface area contributed by atoms with E-state index in [0.29, 0.717) is 28.0 Å². The summed E-state index contributed by atoms with van der Waals surface area (Å²) in [6.45, 7) is 0.676. The number of piperidine rings is 1. The molecule has 1 fully saturated rings. The van der Waals surface area contributed by atoms with E-state index in [1.54, 1.807) is 18.2 Å². The van der Waals surface area contributed by atoms with E-state index in [-0.39, 0.29) is 11.8 Å². The molecular formula is C12H12BrClN2O2. The summed E-state index contributed by atoms with van der Waals surface area (Å²) in [4.78, 5) is 23.6. The molecule has 1 saturated heterocycles. The van der Waals surface area contributed by atoms with Gasteiger partial charge in [0.05, 0.1) is 5.56 Å². The van der Waals surface area contributed by atoms with Crippen LogP contribution in [0.3, 0.4) is 0 Å². The van der Waals surface area contributed by atoms with Crippen molar-refractivity contribution in [2.75, 3.05) is 6.54 Å². The molecule has 1 heterocycles. The molecule has 6 heteroatoms. The van der Waals surface area contributed by atoms with Gasteiger partial charge in [-0.25, -0.2) is 0 Å². The number of benzene rings is 1. The number of hydrogen-bond acceptors (Lipinski definition) is 2. The monoisotopic (exact) mass is 330 g/mol. The van der Waals surface area contributed by atoms with Gasteiger partial charge in [0, 0.05) is 16.0 Å². The third kappa shape index (κ3) is 3.03. The SMILES string of the molecule is O=C(NC1CCCNC1=O)c1ccc(Cl)cc1Br. The third-order valence-corrected chi connectivity index (χ3v) is 3.66. The number of hydrogen-bond donors (Lipinski definition) is 2. The number of amides is 2. The number of rotatable bonds is 2. The second kappa shape index (κ2) is 5.71. The molecule has 0 saturated carbocycles. The Morgan fingerprint density at radius 1 is 1.50 bits per heavy atom. The minimum absolute atomic E-state index is 0.125. The number of carbonyl (C=O) groups is 2. The van der Waals surface area contributed by atoms with Crippen LogP contribution in [0.4, 0.5) is 0 Å². The lowest BCUT2D eigenvalue weighted by Crippen LogP contribution is -2.50. The first-order valence-electron chi connectivity index (χ1n) is 5.61. The molecule has 1 atom stereocenters. The third-order valence-electron chi connectivity index (χ3n) is 2.77. The maximum Gasteiger partial charge on any atom is 0.253 e. The first-order chi connectivity index (χ1) is 8.58. The minimum atomic E-state index is -0.450. The van der Waals surface area contributed by atoms with Crippen LogP contribution in [0.25, 0.3) is 0 Å². The Balaban J connectivity index is 2.09. The van der Waals surface area contributed by atoms with Crippen LogP contribution < -0.4 is 10.6 Å². The maximum absolute atomic E-state index is 12.0. The van der Waals surface area contributed by atoms with Gasteiger partial charge in [0.1, 0.15) is 6.04 Å². The fraction of sp³-hybridized carbons (Fsp3) is 0.333. The van der Waals surface area contributed by atoms with E-state index in [0.717, 1.165) is 6.42 Å². The van der Waals surface area contributed by atoms with E-state index in [1.807, 2.05) is 0 Å². The van der Waals surface area contributed by atoms with Crippen molar-refractivity contribution in [2.45, 2.75) is 18.9 Å². The molecule has 2 rings (SSSR count). The van der Waals surface area contributed by atoms with Crippen LogP contribution in [0.15, 0.2) is 22.7 Å². The van der Waals surface area contributed by atoms with E-state index in [2.05, 4.69) is 26.6 Å². The van der Waals surface area contributed by atoms with Gasteiger partial charge in [0.2, 0.25) is 5.91 Å². The summed E-state index contributed by atoms with van der Waals surface area (Å²) < 4.78 is 0.615. The van der Waals surface area contributed by atoms with Crippen LogP contribution in [-0.4, -0.2) is 24.4 Å². The Labute approximate surface area is 118 Å². The fourth-order valence-corrected chi connectivity index (χ4v) is 2.68. The van der Waals surface area contributed by atoms with Crippen LogP contribution in [0.2, 0.25) is 5.02 Å². The van der Waals surface area contributed by atoms with Gasteiger partial charge >= 0.3 is 0 Å². The molecule has 0 spiro atoms. The minimum Gasteiger partial charge on any atom is -0.354 e. The second-order valence-corrected chi connectivity index (χ2v) is 5.37. The molecule has 1 aliphatic heterocycles. The average molecular weight is 332 g/mol. The molecule has 0 bridgehead atoms. The number of nitrogens with one attached hydrogen (secondary N) is 2. The highest BCUT2D eigenvalue weighted by molar-refractivity contribution is 9.10. The molecular weight excluding hydrogens is 320 g/mol. The number of halogens is 2. The van der Waals surface area contributed by atoms with E-state index in [1.165, 1.54) is 0 Å². The van der Waals surface area contributed by atoms with Crippen molar-refractivity contribution in [3.63, 3.8) is 0 Å². The van der Waals surface area contributed by atoms with E-state index in [4.69, 9.17) is 11.6 Å². The van der Waals surface area contributed by atoms with Crippen LogP contribution in [0.5, 0.6) is 0 Å². The number of carbonyl (C=O) groups excluding carboxylic acids is 2. The van der Waals surface area contributed by atoms with Gasteiger partial charge in [0.25, 0.3) is 5.91 Å². The quantitative estimate of drug-likeness (QED) is 0.872. The zero-order valence-corrected chi connectivity index (χ0v) is 11.8. The summed E-state index contributed by atoms with van der Waals surface area (Å²) in [6, 6.07) is 4.47. The van der Waals surface area contributed by atoms with Gasteiger partial charge in [-0.2, -0.15) is 0 Å². The molecule has 1 aromatic carbocycles. The summed E-state index contributed by atoms with van der Waals surface area (Å²) in [5, 5.41) is 6.00. The van der Waals surface area contributed by atoms with Crippen LogP contribution in [-0.2, 0) is 4.79 Å². The average Bonchev–Trinajstić information content (AvgIpc) is 2.32. The van der Waals surface area contributed by atoms with Crippen molar-refractivity contribution in [1.29, 1.82) is 0 Å². The highest BCUT2D eigenvalue weighted by Gasteiger charge is 2.24. The molecule has 0 aromatic heterocycles. The smallest absolute Gasteiger partial charge is 0.253 e. The molecule has 0 radical (unpaired) electrons. The lowest BCUT2D eigenvalue weighted by molar-refractivity contribution is -0.124. The molecule has 2 amide bonds. The van der Waals surface area contributed by atoms with E-state index in [9.17, 15) is 9.59 Å². The van der Waals surface area contributed by atoms with Crippen molar-refractivity contribution < 1.29 is 9.59 Å². The van der Waals surface area contributed by atoms with Crippen LogP contribution in [0, 0.1) is 0 Å². The Hall–Kier alpha value is -1.07. The van der Waals surface area contributed by atoms with Crippen molar-refractivity contribution >= 4 is 39.3 Å². The Bertz CT molecular complexity index is 493. The van der Waals surface area contributed by atoms with E-state index >= 15 is 0 Å². The fourth-order valence-electron chi connectivity index (χ4n) is 1.82. The molecule has 1 aliphatic rings. The maximum atomic E-state index is 12.0. The predicted octanol–water partition coefficient (Wildman–Crippen LogP) is 2.11. The van der Waals surface area contributed by atoms with Gasteiger partial charge < -0.3 is 10.6 Å².